The predicted molar refractivity (Wildman–Crippen MR) is 71.1 cm³/mol. The van der Waals surface area contributed by atoms with Gasteiger partial charge < -0.3 is 15.3 Å². The van der Waals surface area contributed by atoms with Gasteiger partial charge in [-0.3, -0.25) is 10.1 Å². The van der Waals surface area contributed by atoms with Crippen LogP contribution in [0.1, 0.15) is 15.9 Å². The summed E-state index contributed by atoms with van der Waals surface area (Å²) in [4.78, 5) is 21.4. The topological polar surface area (TPSA) is 121 Å². The second-order valence-electron chi connectivity index (χ2n) is 5.23. The number of nitro groups is 1. The van der Waals surface area contributed by atoms with E-state index in [0.29, 0.717) is 0 Å². The number of benzene rings is 1. The standard InChI is InChI=1S/C11H15NO6Si/c1-5-6(11(15)16)8(13)9(14)7(12(17)18)10(5)19(2,3)4/h13-14H,1-4H3,(H,15,16). The minimum Gasteiger partial charge on any atom is -0.503 e. The lowest BCUT2D eigenvalue weighted by molar-refractivity contribution is -0.384. The number of nitro benzene ring substituents is 1. The van der Waals surface area contributed by atoms with Crippen molar-refractivity contribution >= 4 is 24.9 Å². The molecular formula is C11H15NO6Si. The maximum absolute atomic E-state index is 11.1. The lowest BCUT2D eigenvalue weighted by Gasteiger charge is -2.21. The summed E-state index contributed by atoms with van der Waals surface area (Å²) in [6.45, 7) is 6.79. The van der Waals surface area contributed by atoms with Crippen LogP contribution in [0.3, 0.4) is 0 Å². The average Bonchev–Trinajstić information content (AvgIpc) is 2.20. The van der Waals surface area contributed by atoms with Crippen LogP contribution in [0.5, 0.6) is 11.5 Å². The molecule has 0 aliphatic heterocycles. The van der Waals surface area contributed by atoms with Crippen LogP contribution in [0.25, 0.3) is 0 Å². The average molecular weight is 285 g/mol. The van der Waals surface area contributed by atoms with Crippen molar-refractivity contribution in [3.8, 4) is 11.5 Å². The van der Waals surface area contributed by atoms with Gasteiger partial charge in [0, 0.05) is 5.19 Å². The summed E-state index contributed by atoms with van der Waals surface area (Å²) in [6.07, 6.45) is 0. The number of carboxylic acids is 1. The van der Waals surface area contributed by atoms with Gasteiger partial charge >= 0.3 is 11.7 Å². The number of phenolic OH excluding ortho intramolecular Hbond substituents is 1. The summed E-state index contributed by atoms with van der Waals surface area (Å²) >= 11 is 0. The lowest BCUT2D eigenvalue weighted by atomic mass is 10.1. The summed E-state index contributed by atoms with van der Waals surface area (Å²) in [5, 5.41) is 39.8. The van der Waals surface area contributed by atoms with Crippen LogP contribution < -0.4 is 5.19 Å². The number of rotatable bonds is 3. The molecule has 0 bridgehead atoms. The van der Waals surface area contributed by atoms with E-state index in [1.807, 2.05) is 0 Å². The molecule has 0 fully saturated rings. The van der Waals surface area contributed by atoms with Crippen LogP contribution in [-0.2, 0) is 0 Å². The van der Waals surface area contributed by atoms with E-state index in [4.69, 9.17) is 5.11 Å². The summed E-state index contributed by atoms with van der Waals surface area (Å²) in [6, 6.07) is 0. The van der Waals surface area contributed by atoms with Gasteiger partial charge in [0.15, 0.2) is 5.75 Å². The molecule has 8 heteroatoms. The van der Waals surface area contributed by atoms with E-state index in [-0.39, 0.29) is 10.8 Å². The minimum atomic E-state index is -2.29. The predicted octanol–water partition coefficient (Wildman–Crippen LogP) is 1.56. The number of phenols is 2. The van der Waals surface area contributed by atoms with Crippen molar-refractivity contribution in [1.82, 2.24) is 0 Å². The van der Waals surface area contributed by atoms with Crippen LogP contribution in [0, 0.1) is 17.0 Å². The molecule has 0 aliphatic carbocycles. The molecule has 0 radical (unpaired) electrons. The Labute approximate surface area is 110 Å². The molecule has 0 aromatic heterocycles. The highest BCUT2D eigenvalue weighted by molar-refractivity contribution is 6.90. The first-order valence-electron chi connectivity index (χ1n) is 5.46. The Morgan fingerprint density at radius 3 is 2.00 bits per heavy atom. The Hall–Kier alpha value is -2.09. The first kappa shape index (κ1) is 15.0. The Bertz CT molecular complexity index is 576. The molecule has 0 saturated heterocycles. The molecule has 1 aromatic rings. The second kappa shape index (κ2) is 4.54. The molecular weight excluding hydrogens is 270 g/mol. The van der Waals surface area contributed by atoms with Crippen molar-refractivity contribution in [2.75, 3.05) is 0 Å². The van der Waals surface area contributed by atoms with Gasteiger partial charge in [-0.25, -0.2) is 4.79 Å². The van der Waals surface area contributed by atoms with Gasteiger partial charge in [0.1, 0.15) is 5.56 Å². The van der Waals surface area contributed by atoms with Gasteiger partial charge in [-0.05, 0) is 12.5 Å². The fraction of sp³-hybridized carbons (Fsp3) is 0.364. The van der Waals surface area contributed by atoms with Crippen molar-refractivity contribution < 1.29 is 25.0 Å². The minimum absolute atomic E-state index is 0.133. The molecule has 0 aliphatic rings. The van der Waals surface area contributed by atoms with Gasteiger partial charge in [0.2, 0.25) is 5.75 Å². The Balaban J connectivity index is 3.98. The van der Waals surface area contributed by atoms with Crippen LogP contribution in [0.2, 0.25) is 19.6 Å². The monoisotopic (exact) mass is 285 g/mol. The molecule has 0 heterocycles. The van der Waals surface area contributed by atoms with Gasteiger partial charge in [0.05, 0.1) is 13.0 Å². The third-order valence-corrected chi connectivity index (χ3v) is 4.93. The maximum atomic E-state index is 11.1. The Kier molecular flexibility index (Phi) is 3.58. The molecule has 0 saturated carbocycles. The Morgan fingerprint density at radius 1 is 1.21 bits per heavy atom. The highest BCUT2D eigenvalue weighted by Gasteiger charge is 2.37. The van der Waals surface area contributed by atoms with E-state index < -0.39 is 41.7 Å². The number of aromatic hydroxyl groups is 2. The quantitative estimate of drug-likeness (QED) is 0.335. The van der Waals surface area contributed by atoms with E-state index in [0.717, 1.165) is 0 Å². The van der Waals surface area contributed by atoms with Crippen molar-refractivity contribution in [3.05, 3.63) is 21.2 Å². The smallest absolute Gasteiger partial charge is 0.339 e. The number of carbonyl (C=O) groups is 1. The zero-order valence-electron chi connectivity index (χ0n) is 11.0. The van der Waals surface area contributed by atoms with Crippen LogP contribution in [0.4, 0.5) is 5.69 Å². The molecule has 0 unspecified atom stereocenters. The summed E-state index contributed by atoms with van der Waals surface area (Å²) < 4.78 is 0. The van der Waals surface area contributed by atoms with Crippen molar-refractivity contribution in [2.24, 2.45) is 0 Å². The van der Waals surface area contributed by atoms with Gasteiger partial charge in [-0.15, -0.1) is 0 Å². The van der Waals surface area contributed by atoms with Crippen molar-refractivity contribution in [3.63, 3.8) is 0 Å². The number of hydrogen-bond donors (Lipinski definition) is 3. The number of hydrogen-bond acceptors (Lipinski definition) is 5. The fourth-order valence-electron chi connectivity index (χ4n) is 2.19. The number of aromatic carboxylic acids is 1. The van der Waals surface area contributed by atoms with Crippen LogP contribution >= 0.6 is 0 Å². The van der Waals surface area contributed by atoms with E-state index >= 15 is 0 Å². The molecule has 0 spiro atoms. The number of carboxylic acid groups (broad SMARTS) is 1. The van der Waals surface area contributed by atoms with Crippen molar-refractivity contribution in [2.45, 2.75) is 26.6 Å². The molecule has 0 amide bonds. The third-order valence-electron chi connectivity index (χ3n) is 2.82. The third kappa shape index (κ3) is 2.39. The van der Waals surface area contributed by atoms with Gasteiger partial charge in [-0.2, -0.15) is 0 Å². The normalized spacial score (nSPS) is 11.4. The van der Waals surface area contributed by atoms with Gasteiger partial charge in [-0.1, -0.05) is 19.6 Å². The highest BCUT2D eigenvalue weighted by Crippen LogP contribution is 2.39. The molecule has 1 aromatic carbocycles. The van der Waals surface area contributed by atoms with Crippen LogP contribution in [0.15, 0.2) is 0 Å². The molecule has 3 N–H and O–H groups in total. The van der Waals surface area contributed by atoms with Gasteiger partial charge in [0.25, 0.3) is 0 Å². The fourth-order valence-corrected chi connectivity index (χ4v) is 4.36. The molecule has 104 valence electrons. The molecule has 19 heavy (non-hydrogen) atoms. The van der Waals surface area contributed by atoms with E-state index in [2.05, 4.69) is 0 Å². The molecule has 7 nitrogen and oxygen atoms in total. The van der Waals surface area contributed by atoms with E-state index in [9.17, 15) is 25.1 Å². The van der Waals surface area contributed by atoms with Crippen molar-refractivity contribution in [1.29, 1.82) is 0 Å². The maximum Gasteiger partial charge on any atom is 0.339 e. The number of nitrogens with zero attached hydrogens (tertiary/aromatic N) is 1. The zero-order chi connectivity index (χ0) is 15.1. The SMILES string of the molecule is Cc1c(C(=O)O)c(O)c(O)c([N+](=O)[O-])c1[Si](C)(C)C. The van der Waals surface area contributed by atoms with E-state index in [1.165, 1.54) is 6.92 Å². The highest BCUT2D eigenvalue weighted by atomic mass is 28.3. The first-order chi connectivity index (χ1) is 8.50. The zero-order valence-corrected chi connectivity index (χ0v) is 12.0. The molecule has 1 rings (SSSR count). The Morgan fingerprint density at radius 2 is 1.68 bits per heavy atom. The first-order valence-corrected chi connectivity index (χ1v) is 8.96. The summed E-state index contributed by atoms with van der Waals surface area (Å²) in [7, 11) is -2.29. The molecule has 0 atom stereocenters. The second-order valence-corrected chi connectivity index (χ2v) is 10.2. The summed E-state index contributed by atoms with van der Waals surface area (Å²) in [5.41, 5.74) is -0.951. The van der Waals surface area contributed by atoms with Crippen LogP contribution in [-0.4, -0.2) is 34.3 Å². The largest absolute Gasteiger partial charge is 0.503 e. The van der Waals surface area contributed by atoms with E-state index in [1.54, 1.807) is 19.6 Å². The lowest BCUT2D eigenvalue weighted by Crippen LogP contribution is -2.42. The summed E-state index contributed by atoms with van der Waals surface area (Å²) in [5.74, 6) is -3.37.